The number of fused-ring (bicyclic) bond motifs is 1. The van der Waals surface area contributed by atoms with Gasteiger partial charge in [-0.15, -0.1) is 0 Å². The number of hydrogen-bond donors (Lipinski definition) is 3. The average Bonchev–Trinajstić information content (AvgIpc) is 3.43. The van der Waals surface area contributed by atoms with Crippen LogP contribution < -0.4 is 10.6 Å². The van der Waals surface area contributed by atoms with Gasteiger partial charge in [-0.2, -0.15) is 0 Å². The molecular formula is C23H31N3O5. The Kier molecular flexibility index (Phi) is 6.29. The lowest BCUT2D eigenvalue weighted by Gasteiger charge is -2.33. The summed E-state index contributed by atoms with van der Waals surface area (Å²) in [5.74, 6) is -1.79. The molecule has 3 aliphatic heterocycles. The van der Waals surface area contributed by atoms with E-state index in [1.54, 1.807) is 11.9 Å². The highest BCUT2D eigenvalue weighted by Crippen LogP contribution is 2.58. The number of likely N-dealkylation sites (tertiary alicyclic amines) is 1. The van der Waals surface area contributed by atoms with E-state index in [1.165, 1.54) is 0 Å². The molecule has 5 atom stereocenters. The van der Waals surface area contributed by atoms with Gasteiger partial charge in [-0.1, -0.05) is 30.3 Å². The molecule has 0 saturated carbocycles. The summed E-state index contributed by atoms with van der Waals surface area (Å²) in [5.41, 5.74) is 0.0278. The second kappa shape index (κ2) is 8.96. The third kappa shape index (κ3) is 3.72. The van der Waals surface area contributed by atoms with Crippen molar-refractivity contribution in [2.24, 2.45) is 11.8 Å². The Bertz CT molecular complexity index is 832. The van der Waals surface area contributed by atoms with Crippen molar-refractivity contribution in [2.45, 2.75) is 56.4 Å². The van der Waals surface area contributed by atoms with Gasteiger partial charge in [-0.3, -0.25) is 14.4 Å². The number of nitrogens with zero attached hydrogens (tertiary/aromatic N) is 1. The van der Waals surface area contributed by atoms with Crippen LogP contribution >= 0.6 is 0 Å². The van der Waals surface area contributed by atoms with Crippen LogP contribution in [0.15, 0.2) is 30.3 Å². The first kappa shape index (κ1) is 21.8. The first-order valence-electron chi connectivity index (χ1n) is 11.2. The standard InChI is InChI=1S/C23H31N3O5/c1-24-20(28)17-16-10-11-23(31-16)18(17)22(30)26(12-6-3-7-13-27)19(23)21(29)25-14-15-8-4-2-5-9-15/h2,4-5,8-9,16-19,27H,3,6-7,10-14H2,1H3,(H,24,28)(H,25,29)/t16-,17+,18+,19?,23?/m1/s1. The number of nitrogens with one attached hydrogen (secondary N) is 2. The summed E-state index contributed by atoms with van der Waals surface area (Å²) in [6.45, 7) is 0.881. The largest absolute Gasteiger partial charge is 0.396 e. The summed E-state index contributed by atoms with van der Waals surface area (Å²) in [6, 6.07) is 8.88. The van der Waals surface area contributed by atoms with Gasteiger partial charge in [-0.25, -0.2) is 0 Å². The van der Waals surface area contributed by atoms with Crippen LogP contribution in [-0.2, 0) is 25.7 Å². The summed E-state index contributed by atoms with van der Waals surface area (Å²) >= 11 is 0. The van der Waals surface area contributed by atoms with E-state index in [2.05, 4.69) is 10.6 Å². The molecule has 0 radical (unpaired) electrons. The Morgan fingerprint density at radius 1 is 1.19 bits per heavy atom. The monoisotopic (exact) mass is 429 g/mol. The molecule has 3 saturated heterocycles. The third-order valence-electron chi connectivity index (χ3n) is 6.96. The summed E-state index contributed by atoms with van der Waals surface area (Å²) < 4.78 is 6.31. The van der Waals surface area contributed by atoms with E-state index in [4.69, 9.17) is 9.84 Å². The van der Waals surface area contributed by atoms with Crippen molar-refractivity contribution >= 4 is 17.7 Å². The van der Waals surface area contributed by atoms with E-state index in [0.29, 0.717) is 38.8 Å². The van der Waals surface area contributed by atoms with Crippen molar-refractivity contribution in [1.29, 1.82) is 0 Å². The molecule has 1 aromatic rings. The van der Waals surface area contributed by atoms with E-state index >= 15 is 0 Å². The van der Waals surface area contributed by atoms with Crippen LogP contribution in [0.5, 0.6) is 0 Å². The van der Waals surface area contributed by atoms with Gasteiger partial charge in [0.25, 0.3) is 0 Å². The number of hydrogen-bond acceptors (Lipinski definition) is 5. The topological polar surface area (TPSA) is 108 Å². The van der Waals surface area contributed by atoms with Crippen molar-refractivity contribution in [3.8, 4) is 0 Å². The minimum atomic E-state index is -0.948. The van der Waals surface area contributed by atoms with Crippen molar-refractivity contribution < 1.29 is 24.2 Å². The second-order valence-electron chi connectivity index (χ2n) is 8.69. The Morgan fingerprint density at radius 2 is 1.97 bits per heavy atom. The lowest BCUT2D eigenvalue weighted by atomic mass is 9.70. The van der Waals surface area contributed by atoms with Crippen LogP contribution in [0.3, 0.4) is 0 Å². The maximum atomic E-state index is 13.5. The molecule has 3 aliphatic rings. The molecule has 168 valence electrons. The SMILES string of the molecule is CNC(=O)[C@@H]1[C@H]2C(=O)N(CCCCCO)C(C(=O)NCc3ccccc3)C23CC[C@H]1O3. The number of aliphatic hydroxyl groups is 1. The summed E-state index contributed by atoms with van der Waals surface area (Å²) in [4.78, 5) is 41.1. The molecule has 8 nitrogen and oxygen atoms in total. The van der Waals surface area contributed by atoms with Gasteiger partial charge in [0.2, 0.25) is 17.7 Å². The molecule has 1 spiro atoms. The van der Waals surface area contributed by atoms with Crippen molar-refractivity contribution in [2.75, 3.05) is 20.2 Å². The van der Waals surface area contributed by atoms with Gasteiger partial charge in [0.15, 0.2) is 0 Å². The van der Waals surface area contributed by atoms with Crippen LogP contribution in [0, 0.1) is 11.8 Å². The molecule has 3 fully saturated rings. The Hall–Kier alpha value is -2.45. The quantitative estimate of drug-likeness (QED) is 0.498. The Labute approximate surface area is 182 Å². The molecule has 8 heteroatoms. The number of ether oxygens (including phenoxy) is 1. The number of amides is 3. The number of carbonyl (C=O) groups excluding carboxylic acids is 3. The van der Waals surface area contributed by atoms with Gasteiger partial charge in [0.1, 0.15) is 11.6 Å². The zero-order chi connectivity index (χ0) is 22.0. The third-order valence-corrected chi connectivity index (χ3v) is 6.96. The maximum Gasteiger partial charge on any atom is 0.246 e. The molecule has 2 bridgehead atoms. The molecule has 31 heavy (non-hydrogen) atoms. The number of unbranched alkanes of at least 4 members (excludes halogenated alkanes) is 2. The Morgan fingerprint density at radius 3 is 2.68 bits per heavy atom. The molecule has 3 N–H and O–H groups in total. The normalized spacial score (nSPS) is 31.0. The van der Waals surface area contributed by atoms with Gasteiger partial charge >= 0.3 is 0 Å². The summed E-state index contributed by atoms with van der Waals surface area (Å²) in [5, 5.41) is 14.7. The first-order valence-corrected chi connectivity index (χ1v) is 11.2. The van der Waals surface area contributed by atoms with E-state index in [0.717, 1.165) is 12.0 Å². The van der Waals surface area contributed by atoms with Crippen LogP contribution in [0.4, 0.5) is 0 Å². The maximum absolute atomic E-state index is 13.5. The van der Waals surface area contributed by atoms with Crippen LogP contribution in [0.2, 0.25) is 0 Å². The summed E-state index contributed by atoms with van der Waals surface area (Å²) in [6.07, 6.45) is 3.04. The first-order chi connectivity index (χ1) is 15.0. The van der Waals surface area contributed by atoms with Crippen molar-refractivity contribution in [1.82, 2.24) is 15.5 Å². The molecular weight excluding hydrogens is 398 g/mol. The van der Waals surface area contributed by atoms with E-state index in [1.807, 2.05) is 30.3 Å². The minimum Gasteiger partial charge on any atom is -0.396 e. The van der Waals surface area contributed by atoms with Gasteiger partial charge in [-0.05, 0) is 37.7 Å². The molecule has 4 rings (SSSR count). The molecule has 0 aromatic heterocycles. The van der Waals surface area contributed by atoms with Gasteiger partial charge in [0, 0.05) is 26.7 Å². The predicted molar refractivity (Wildman–Crippen MR) is 113 cm³/mol. The lowest BCUT2D eigenvalue weighted by Crippen LogP contribution is -2.55. The highest BCUT2D eigenvalue weighted by molar-refractivity contribution is 5.98. The smallest absolute Gasteiger partial charge is 0.246 e. The fourth-order valence-corrected chi connectivity index (χ4v) is 5.61. The van der Waals surface area contributed by atoms with Crippen molar-refractivity contribution in [3.05, 3.63) is 35.9 Å². The fourth-order valence-electron chi connectivity index (χ4n) is 5.61. The van der Waals surface area contributed by atoms with Crippen molar-refractivity contribution in [3.63, 3.8) is 0 Å². The summed E-state index contributed by atoms with van der Waals surface area (Å²) in [7, 11) is 1.57. The minimum absolute atomic E-state index is 0.102. The van der Waals surface area contributed by atoms with Gasteiger partial charge < -0.3 is 25.4 Å². The average molecular weight is 430 g/mol. The highest BCUT2D eigenvalue weighted by Gasteiger charge is 2.74. The van der Waals surface area contributed by atoms with Gasteiger partial charge in [0.05, 0.1) is 17.9 Å². The second-order valence-corrected chi connectivity index (χ2v) is 8.69. The van der Waals surface area contributed by atoms with E-state index < -0.39 is 23.5 Å². The predicted octanol–water partition coefficient (Wildman–Crippen LogP) is 0.586. The zero-order valence-electron chi connectivity index (χ0n) is 17.9. The number of carbonyl (C=O) groups is 3. The lowest BCUT2D eigenvalue weighted by molar-refractivity contribution is -0.142. The number of aliphatic hydroxyl groups excluding tert-OH is 1. The van der Waals surface area contributed by atoms with Crippen LogP contribution in [-0.4, -0.2) is 65.7 Å². The van der Waals surface area contributed by atoms with Crippen LogP contribution in [0.25, 0.3) is 0 Å². The molecule has 1 aromatic carbocycles. The fraction of sp³-hybridized carbons (Fsp3) is 0.609. The highest BCUT2D eigenvalue weighted by atomic mass is 16.5. The number of benzene rings is 1. The van der Waals surface area contributed by atoms with E-state index in [9.17, 15) is 14.4 Å². The number of rotatable bonds is 9. The molecule has 0 aliphatic carbocycles. The molecule has 2 unspecified atom stereocenters. The molecule has 3 heterocycles. The van der Waals surface area contributed by atoms with Crippen LogP contribution in [0.1, 0.15) is 37.7 Å². The Balaban J connectivity index is 1.58. The van der Waals surface area contributed by atoms with E-state index in [-0.39, 0.29) is 30.4 Å². The molecule has 3 amide bonds. The zero-order valence-corrected chi connectivity index (χ0v) is 17.9.